The third-order valence-electron chi connectivity index (χ3n) is 1.95. The maximum absolute atomic E-state index is 12.5. The fraction of sp³-hybridized carbons (Fsp3) is 0.875. The minimum absolute atomic E-state index is 0.0806. The SMILES string of the molecule is CC(C)C(CN)NC(=O)C(F)(F)C(F)F. The van der Waals surface area contributed by atoms with Crippen molar-refractivity contribution in [1.29, 1.82) is 0 Å². The summed E-state index contributed by atoms with van der Waals surface area (Å²) in [4.78, 5) is 10.8. The van der Waals surface area contributed by atoms with Crippen LogP contribution in [0.3, 0.4) is 0 Å². The van der Waals surface area contributed by atoms with E-state index in [2.05, 4.69) is 0 Å². The first-order valence-electron chi connectivity index (χ1n) is 4.40. The third kappa shape index (κ3) is 3.65. The molecule has 0 aliphatic heterocycles. The molecule has 0 aliphatic rings. The summed E-state index contributed by atoms with van der Waals surface area (Å²) in [6, 6.07) is -0.734. The summed E-state index contributed by atoms with van der Waals surface area (Å²) in [6.45, 7) is 3.19. The number of nitrogens with one attached hydrogen (secondary N) is 1. The Balaban J connectivity index is 4.47. The van der Waals surface area contributed by atoms with Crippen LogP contribution in [0.2, 0.25) is 0 Å². The zero-order valence-electron chi connectivity index (χ0n) is 8.44. The van der Waals surface area contributed by atoms with Gasteiger partial charge in [0.05, 0.1) is 0 Å². The lowest BCUT2D eigenvalue weighted by atomic mass is 10.0. The van der Waals surface area contributed by atoms with E-state index in [-0.39, 0.29) is 12.5 Å². The molecule has 0 saturated carbocycles. The molecule has 0 radical (unpaired) electrons. The zero-order valence-corrected chi connectivity index (χ0v) is 8.44. The minimum Gasteiger partial charge on any atom is -0.346 e. The van der Waals surface area contributed by atoms with E-state index < -0.39 is 24.3 Å². The molecular formula is C8H14F4N2O. The van der Waals surface area contributed by atoms with Crippen LogP contribution in [0.4, 0.5) is 17.6 Å². The molecule has 3 N–H and O–H groups in total. The Bertz CT molecular complexity index is 221. The first-order valence-corrected chi connectivity index (χ1v) is 4.40. The molecule has 7 heteroatoms. The Morgan fingerprint density at radius 3 is 2.13 bits per heavy atom. The molecule has 0 bridgehead atoms. The Hall–Kier alpha value is -0.850. The molecule has 0 fully saturated rings. The van der Waals surface area contributed by atoms with Gasteiger partial charge in [0.1, 0.15) is 0 Å². The van der Waals surface area contributed by atoms with Crippen LogP contribution >= 0.6 is 0 Å². The third-order valence-corrected chi connectivity index (χ3v) is 1.95. The Morgan fingerprint density at radius 2 is 1.87 bits per heavy atom. The number of rotatable bonds is 5. The number of carbonyl (C=O) groups excluding carboxylic acids is 1. The van der Waals surface area contributed by atoms with Crippen LogP contribution in [-0.4, -0.2) is 30.8 Å². The second-order valence-corrected chi connectivity index (χ2v) is 3.48. The summed E-state index contributed by atoms with van der Waals surface area (Å²) < 4.78 is 48.5. The first-order chi connectivity index (χ1) is 6.73. The van der Waals surface area contributed by atoms with Gasteiger partial charge in [0.25, 0.3) is 5.91 Å². The van der Waals surface area contributed by atoms with Crippen molar-refractivity contribution in [2.24, 2.45) is 11.7 Å². The van der Waals surface area contributed by atoms with Crippen LogP contribution in [0.15, 0.2) is 0 Å². The zero-order chi connectivity index (χ0) is 12.2. The molecular weight excluding hydrogens is 216 g/mol. The van der Waals surface area contributed by atoms with Crippen molar-refractivity contribution in [2.75, 3.05) is 6.54 Å². The van der Waals surface area contributed by atoms with E-state index in [4.69, 9.17) is 5.73 Å². The molecule has 0 rings (SSSR count). The van der Waals surface area contributed by atoms with Crippen LogP contribution in [0.1, 0.15) is 13.8 Å². The molecule has 1 unspecified atom stereocenters. The van der Waals surface area contributed by atoms with Crippen molar-refractivity contribution in [2.45, 2.75) is 32.2 Å². The fourth-order valence-electron chi connectivity index (χ4n) is 0.861. The number of hydrogen-bond acceptors (Lipinski definition) is 2. The van der Waals surface area contributed by atoms with Crippen molar-refractivity contribution in [1.82, 2.24) is 5.32 Å². The molecule has 0 saturated heterocycles. The number of hydrogen-bond donors (Lipinski definition) is 2. The average molecular weight is 230 g/mol. The van der Waals surface area contributed by atoms with E-state index in [0.29, 0.717) is 0 Å². The number of amides is 1. The van der Waals surface area contributed by atoms with E-state index in [1.54, 1.807) is 19.2 Å². The monoisotopic (exact) mass is 230 g/mol. The van der Waals surface area contributed by atoms with Gasteiger partial charge in [0, 0.05) is 12.6 Å². The molecule has 3 nitrogen and oxygen atoms in total. The van der Waals surface area contributed by atoms with E-state index in [9.17, 15) is 22.4 Å². The highest BCUT2D eigenvalue weighted by molar-refractivity contribution is 5.84. The Labute approximate surface area is 85.0 Å². The van der Waals surface area contributed by atoms with Gasteiger partial charge in [-0.05, 0) is 5.92 Å². The van der Waals surface area contributed by atoms with Gasteiger partial charge in [-0.15, -0.1) is 0 Å². The van der Waals surface area contributed by atoms with Crippen LogP contribution in [-0.2, 0) is 4.79 Å². The highest BCUT2D eigenvalue weighted by atomic mass is 19.3. The molecule has 15 heavy (non-hydrogen) atoms. The fourth-order valence-corrected chi connectivity index (χ4v) is 0.861. The summed E-state index contributed by atoms with van der Waals surface area (Å²) >= 11 is 0. The van der Waals surface area contributed by atoms with Gasteiger partial charge in [0.2, 0.25) is 0 Å². The summed E-state index contributed by atoms with van der Waals surface area (Å²) in [5.74, 6) is -6.85. The number of alkyl halides is 4. The second-order valence-electron chi connectivity index (χ2n) is 3.48. The summed E-state index contributed by atoms with van der Waals surface area (Å²) in [7, 11) is 0. The van der Waals surface area contributed by atoms with Gasteiger partial charge in [-0.2, -0.15) is 8.78 Å². The molecule has 1 atom stereocenters. The summed E-state index contributed by atoms with van der Waals surface area (Å²) in [6.07, 6.45) is -4.01. The smallest absolute Gasteiger partial charge is 0.346 e. The van der Waals surface area contributed by atoms with Gasteiger partial charge in [-0.3, -0.25) is 4.79 Å². The maximum atomic E-state index is 12.5. The summed E-state index contributed by atoms with van der Waals surface area (Å²) in [5, 5.41) is 1.79. The predicted molar refractivity (Wildman–Crippen MR) is 46.8 cm³/mol. The summed E-state index contributed by atoms with van der Waals surface area (Å²) in [5.41, 5.74) is 5.19. The normalized spacial score (nSPS) is 14.5. The van der Waals surface area contributed by atoms with Gasteiger partial charge in [-0.1, -0.05) is 13.8 Å². The molecule has 0 spiro atoms. The number of carbonyl (C=O) groups is 1. The standard InChI is InChI=1S/C8H14F4N2O/c1-4(2)5(3-13)14-7(15)8(11,12)6(9)10/h4-6H,3,13H2,1-2H3,(H,14,15). The lowest BCUT2D eigenvalue weighted by Gasteiger charge is -2.23. The van der Waals surface area contributed by atoms with Crippen LogP contribution in [0.25, 0.3) is 0 Å². The number of halogens is 4. The van der Waals surface area contributed by atoms with Crippen molar-refractivity contribution in [3.8, 4) is 0 Å². The van der Waals surface area contributed by atoms with E-state index in [1.807, 2.05) is 0 Å². The van der Waals surface area contributed by atoms with E-state index in [0.717, 1.165) is 0 Å². The largest absolute Gasteiger partial charge is 0.383 e. The van der Waals surface area contributed by atoms with E-state index in [1.165, 1.54) is 0 Å². The van der Waals surface area contributed by atoms with Gasteiger partial charge in [-0.25, -0.2) is 8.78 Å². The highest BCUT2D eigenvalue weighted by Gasteiger charge is 2.49. The second kappa shape index (κ2) is 5.29. The van der Waals surface area contributed by atoms with Crippen LogP contribution < -0.4 is 11.1 Å². The molecule has 0 aliphatic carbocycles. The molecule has 90 valence electrons. The lowest BCUT2D eigenvalue weighted by Crippen LogP contribution is -2.52. The van der Waals surface area contributed by atoms with Crippen molar-refractivity contribution in [3.05, 3.63) is 0 Å². The Morgan fingerprint density at radius 1 is 1.40 bits per heavy atom. The van der Waals surface area contributed by atoms with E-state index >= 15 is 0 Å². The molecule has 0 heterocycles. The number of nitrogens with two attached hydrogens (primary N) is 1. The predicted octanol–water partition coefficient (Wildman–Crippen LogP) is 0.986. The van der Waals surface area contributed by atoms with Crippen molar-refractivity contribution < 1.29 is 22.4 Å². The average Bonchev–Trinajstić information content (AvgIpc) is 2.12. The van der Waals surface area contributed by atoms with Crippen LogP contribution in [0, 0.1) is 5.92 Å². The Kier molecular flexibility index (Phi) is 4.99. The minimum atomic E-state index is -4.66. The van der Waals surface area contributed by atoms with Crippen molar-refractivity contribution >= 4 is 5.91 Å². The maximum Gasteiger partial charge on any atom is 0.383 e. The quantitative estimate of drug-likeness (QED) is 0.692. The topological polar surface area (TPSA) is 55.1 Å². The van der Waals surface area contributed by atoms with Gasteiger partial charge < -0.3 is 11.1 Å². The van der Waals surface area contributed by atoms with Crippen LogP contribution in [0.5, 0.6) is 0 Å². The first kappa shape index (κ1) is 14.2. The molecule has 0 aromatic heterocycles. The lowest BCUT2D eigenvalue weighted by molar-refractivity contribution is -0.170. The molecule has 1 amide bonds. The van der Waals surface area contributed by atoms with Gasteiger partial charge in [0.15, 0.2) is 0 Å². The van der Waals surface area contributed by atoms with Crippen molar-refractivity contribution in [3.63, 3.8) is 0 Å². The molecule has 0 aromatic rings. The highest BCUT2D eigenvalue weighted by Crippen LogP contribution is 2.23. The molecule has 0 aromatic carbocycles. The van der Waals surface area contributed by atoms with Gasteiger partial charge >= 0.3 is 12.3 Å².